The smallest absolute Gasteiger partial charge is 0.124 e. The molecule has 1 aliphatic heterocycles. The molecule has 2 unspecified atom stereocenters. The third kappa shape index (κ3) is 2.45. The van der Waals surface area contributed by atoms with Crippen molar-refractivity contribution in [1.29, 1.82) is 0 Å². The first-order valence-corrected chi connectivity index (χ1v) is 6.37. The maximum absolute atomic E-state index is 5.85. The predicted octanol–water partition coefficient (Wildman–Crippen LogP) is 2.05. The quantitative estimate of drug-likeness (QED) is 0.863. The van der Waals surface area contributed by atoms with Gasteiger partial charge >= 0.3 is 0 Å². The highest BCUT2D eigenvalue weighted by molar-refractivity contribution is 5.38. The second-order valence-electron chi connectivity index (χ2n) is 4.66. The summed E-state index contributed by atoms with van der Waals surface area (Å²) < 4.78 is 5.85. The first-order valence-electron chi connectivity index (χ1n) is 6.37. The van der Waals surface area contributed by atoms with Crippen LogP contribution < -0.4 is 10.1 Å². The molecule has 0 aromatic heterocycles. The lowest BCUT2D eigenvalue weighted by molar-refractivity contribution is 0.109. The van der Waals surface area contributed by atoms with E-state index >= 15 is 0 Å². The van der Waals surface area contributed by atoms with Gasteiger partial charge in [0, 0.05) is 5.56 Å². The van der Waals surface area contributed by atoms with E-state index in [4.69, 9.17) is 4.74 Å². The van der Waals surface area contributed by atoms with E-state index in [1.165, 1.54) is 12.0 Å². The van der Waals surface area contributed by atoms with Gasteiger partial charge in [-0.1, -0.05) is 25.1 Å². The zero-order valence-electron chi connectivity index (χ0n) is 10.9. The summed E-state index contributed by atoms with van der Waals surface area (Å²) in [5.74, 6) is 1.02. The molecule has 1 N–H and O–H groups in total. The number of para-hydroxylation sites is 1. The average molecular weight is 234 g/mol. The van der Waals surface area contributed by atoms with Gasteiger partial charge in [-0.3, -0.25) is 4.90 Å². The Morgan fingerprint density at radius 3 is 2.88 bits per heavy atom. The lowest BCUT2D eigenvalue weighted by Crippen LogP contribution is -2.48. The first kappa shape index (κ1) is 12.4. The van der Waals surface area contributed by atoms with Gasteiger partial charge in [-0.25, -0.2) is 0 Å². The Morgan fingerprint density at radius 2 is 2.18 bits per heavy atom. The van der Waals surface area contributed by atoms with Crippen LogP contribution in [0.1, 0.15) is 24.9 Å². The van der Waals surface area contributed by atoms with E-state index in [0.29, 0.717) is 12.1 Å². The van der Waals surface area contributed by atoms with Crippen molar-refractivity contribution in [1.82, 2.24) is 10.2 Å². The van der Waals surface area contributed by atoms with Gasteiger partial charge in [-0.2, -0.15) is 0 Å². The molecule has 0 bridgehead atoms. The fourth-order valence-corrected chi connectivity index (χ4v) is 2.60. The Hall–Kier alpha value is -1.06. The summed E-state index contributed by atoms with van der Waals surface area (Å²) in [6, 6.07) is 9.08. The molecule has 1 heterocycles. The molecule has 2 rings (SSSR count). The van der Waals surface area contributed by atoms with Crippen molar-refractivity contribution in [3.63, 3.8) is 0 Å². The first-order chi connectivity index (χ1) is 8.27. The number of likely N-dealkylation sites (N-methyl/N-ethyl adjacent to an activating group) is 2. The normalized spacial score (nSPS) is 23.3. The van der Waals surface area contributed by atoms with Gasteiger partial charge in [-0.05, 0) is 33.1 Å². The van der Waals surface area contributed by atoms with Crippen molar-refractivity contribution in [2.75, 3.05) is 27.2 Å². The SMILES string of the molecule is CCCN(C)C1COc2ccccc2C1NC. The summed E-state index contributed by atoms with van der Waals surface area (Å²) in [6.45, 7) is 4.08. The average Bonchev–Trinajstić information content (AvgIpc) is 2.37. The molecule has 1 aromatic rings. The molecule has 3 heteroatoms. The van der Waals surface area contributed by atoms with Crippen LogP contribution in [0.25, 0.3) is 0 Å². The Labute approximate surface area is 104 Å². The molecule has 94 valence electrons. The van der Waals surface area contributed by atoms with Crippen LogP contribution in [0.4, 0.5) is 0 Å². The van der Waals surface area contributed by atoms with E-state index in [9.17, 15) is 0 Å². The number of nitrogens with zero attached hydrogens (tertiary/aromatic N) is 1. The maximum Gasteiger partial charge on any atom is 0.124 e. The lowest BCUT2D eigenvalue weighted by Gasteiger charge is -2.38. The molecular formula is C14H22N2O. The molecule has 0 saturated carbocycles. The molecule has 0 aliphatic carbocycles. The largest absolute Gasteiger partial charge is 0.492 e. The van der Waals surface area contributed by atoms with Gasteiger partial charge in [0.05, 0.1) is 12.1 Å². The minimum absolute atomic E-state index is 0.358. The molecule has 0 amide bonds. The molecule has 0 spiro atoms. The third-order valence-electron chi connectivity index (χ3n) is 3.50. The Balaban J connectivity index is 2.23. The molecule has 0 saturated heterocycles. The summed E-state index contributed by atoms with van der Waals surface area (Å²) in [6.07, 6.45) is 1.17. The van der Waals surface area contributed by atoms with Crippen LogP contribution in [-0.4, -0.2) is 38.2 Å². The third-order valence-corrected chi connectivity index (χ3v) is 3.50. The Morgan fingerprint density at radius 1 is 1.41 bits per heavy atom. The Bertz CT molecular complexity index is 367. The number of benzene rings is 1. The van der Waals surface area contributed by atoms with Crippen molar-refractivity contribution in [3.8, 4) is 5.75 Å². The highest BCUT2D eigenvalue weighted by atomic mass is 16.5. The van der Waals surface area contributed by atoms with Crippen LogP contribution >= 0.6 is 0 Å². The topological polar surface area (TPSA) is 24.5 Å². The fraction of sp³-hybridized carbons (Fsp3) is 0.571. The van der Waals surface area contributed by atoms with Gasteiger partial charge in [0.2, 0.25) is 0 Å². The summed E-state index contributed by atoms with van der Waals surface area (Å²) in [5.41, 5.74) is 1.27. The number of nitrogens with one attached hydrogen (secondary N) is 1. The van der Waals surface area contributed by atoms with Crippen LogP contribution in [0.15, 0.2) is 24.3 Å². The lowest BCUT2D eigenvalue weighted by atomic mass is 9.95. The highest BCUT2D eigenvalue weighted by Gasteiger charge is 2.31. The van der Waals surface area contributed by atoms with Gasteiger partial charge in [0.25, 0.3) is 0 Å². The Kier molecular flexibility index (Phi) is 4.02. The minimum atomic E-state index is 0.358. The summed E-state index contributed by atoms with van der Waals surface area (Å²) in [7, 11) is 4.20. The predicted molar refractivity (Wildman–Crippen MR) is 70.4 cm³/mol. The van der Waals surface area contributed by atoms with Crippen molar-refractivity contribution >= 4 is 0 Å². The highest BCUT2D eigenvalue weighted by Crippen LogP contribution is 2.33. The van der Waals surface area contributed by atoms with Crippen LogP contribution in [-0.2, 0) is 0 Å². The fourth-order valence-electron chi connectivity index (χ4n) is 2.60. The van der Waals surface area contributed by atoms with E-state index < -0.39 is 0 Å². The van der Waals surface area contributed by atoms with E-state index in [2.05, 4.69) is 42.4 Å². The zero-order chi connectivity index (χ0) is 12.3. The monoisotopic (exact) mass is 234 g/mol. The van der Waals surface area contributed by atoms with E-state index in [1.807, 2.05) is 13.1 Å². The number of hydrogen-bond donors (Lipinski definition) is 1. The molecular weight excluding hydrogens is 212 g/mol. The van der Waals surface area contributed by atoms with Gasteiger partial charge in [-0.15, -0.1) is 0 Å². The summed E-state index contributed by atoms with van der Waals surface area (Å²) in [5, 5.41) is 3.43. The number of fused-ring (bicyclic) bond motifs is 1. The van der Waals surface area contributed by atoms with Gasteiger partial charge < -0.3 is 10.1 Å². The standard InChI is InChI=1S/C14H22N2O/c1-4-9-16(3)12-10-17-13-8-6-5-7-11(13)14(12)15-2/h5-8,12,14-15H,4,9-10H2,1-3H3. The van der Waals surface area contributed by atoms with Crippen LogP contribution in [0.2, 0.25) is 0 Å². The summed E-state index contributed by atoms with van der Waals surface area (Å²) in [4.78, 5) is 2.39. The van der Waals surface area contributed by atoms with Crippen molar-refractivity contribution in [2.45, 2.75) is 25.4 Å². The molecule has 1 aromatic carbocycles. The number of hydrogen-bond acceptors (Lipinski definition) is 3. The summed E-state index contributed by atoms with van der Waals surface area (Å²) >= 11 is 0. The molecule has 1 aliphatic rings. The van der Waals surface area contributed by atoms with Crippen molar-refractivity contribution < 1.29 is 4.74 Å². The molecule has 17 heavy (non-hydrogen) atoms. The van der Waals surface area contributed by atoms with E-state index in [0.717, 1.165) is 18.9 Å². The van der Waals surface area contributed by atoms with E-state index in [1.54, 1.807) is 0 Å². The molecule has 0 radical (unpaired) electrons. The zero-order valence-corrected chi connectivity index (χ0v) is 10.9. The van der Waals surface area contributed by atoms with Crippen molar-refractivity contribution in [2.24, 2.45) is 0 Å². The van der Waals surface area contributed by atoms with Crippen molar-refractivity contribution in [3.05, 3.63) is 29.8 Å². The number of rotatable bonds is 4. The van der Waals surface area contributed by atoms with Gasteiger partial charge in [0.1, 0.15) is 12.4 Å². The second kappa shape index (κ2) is 5.52. The van der Waals surface area contributed by atoms with E-state index in [-0.39, 0.29) is 0 Å². The molecule has 3 nitrogen and oxygen atoms in total. The minimum Gasteiger partial charge on any atom is -0.492 e. The van der Waals surface area contributed by atoms with Crippen LogP contribution in [0.3, 0.4) is 0 Å². The molecule has 2 atom stereocenters. The van der Waals surface area contributed by atoms with Crippen LogP contribution in [0, 0.1) is 0 Å². The number of ether oxygens (including phenoxy) is 1. The van der Waals surface area contributed by atoms with Crippen LogP contribution in [0.5, 0.6) is 5.75 Å². The molecule has 0 fully saturated rings. The van der Waals surface area contributed by atoms with Gasteiger partial charge in [0.15, 0.2) is 0 Å². The maximum atomic E-state index is 5.85. The second-order valence-corrected chi connectivity index (χ2v) is 4.66.